The maximum Gasteiger partial charge on any atom is 0.287 e. The van der Waals surface area contributed by atoms with Gasteiger partial charge >= 0.3 is 0 Å². The number of amides is 1. The van der Waals surface area contributed by atoms with E-state index in [1.807, 2.05) is 24.3 Å². The highest BCUT2D eigenvalue weighted by molar-refractivity contribution is 6.00. The number of fused-ring (bicyclic) bond motifs is 1. The Morgan fingerprint density at radius 3 is 2.83 bits per heavy atom. The molecular formula is C16H16N4O3. The maximum absolute atomic E-state index is 12.6. The average molecular weight is 312 g/mol. The summed E-state index contributed by atoms with van der Waals surface area (Å²) in [4.78, 5) is 28.5. The number of anilines is 2. The fourth-order valence-electron chi connectivity index (χ4n) is 2.66. The molecule has 2 aromatic rings. The molecule has 0 fully saturated rings. The van der Waals surface area contributed by atoms with E-state index in [0.29, 0.717) is 12.4 Å². The standard InChI is InChI=1S/C16H16N4O3/c1-11(18-15-7-6-13(10-17-15)20(22)23)16(21)19-9-8-12-4-2-3-5-14(12)19/h2-7,10-11H,8-9H2,1H3,(H,17,18). The molecule has 0 radical (unpaired) electrons. The first kappa shape index (κ1) is 15.0. The van der Waals surface area contributed by atoms with Crippen molar-refractivity contribution in [2.24, 2.45) is 0 Å². The van der Waals surface area contributed by atoms with Gasteiger partial charge in [-0.1, -0.05) is 18.2 Å². The van der Waals surface area contributed by atoms with Crippen LogP contribution >= 0.6 is 0 Å². The highest BCUT2D eigenvalue weighted by Gasteiger charge is 2.27. The van der Waals surface area contributed by atoms with Crippen molar-refractivity contribution in [1.29, 1.82) is 0 Å². The number of nitro groups is 1. The Bertz CT molecular complexity index is 745. The fourth-order valence-corrected chi connectivity index (χ4v) is 2.66. The summed E-state index contributed by atoms with van der Waals surface area (Å²) in [5.41, 5.74) is 2.03. The number of carbonyl (C=O) groups excluding carboxylic acids is 1. The summed E-state index contributed by atoms with van der Waals surface area (Å²) in [5.74, 6) is 0.388. The Labute approximate surface area is 133 Å². The molecule has 1 atom stereocenters. The molecule has 0 aliphatic carbocycles. The van der Waals surface area contributed by atoms with E-state index in [1.54, 1.807) is 11.8 Å². The first-order chi connectivity index (χ1) is 11.1. The van der Waals surface area contributed by atoms with Crippen LogP contribution in [-0.2, 0) is 11.2 Å². The molecule has 1 aliphatic heterocycles. The van der Waals surface area contributed by atoms with Crippen LogP contribution in [0.2, 0.25) is 0 Å². The molecule has 1 aromatic carbocycles. The number of nitrogens with one attached hydrogen (secondary N) is 1. The molecule has 0 spiro atoms. The number of hydrogen-bond acceptors (Lipinski definition) is 5. The molecule has 0 bridgehead atoms. The van der Waals surface area contributed by atoms with Gasteiger partial charge in [-0.3, -0.25) is 14.9 Å². The van der Waals surface area contributed by atoms with Crippen molar-refractivity contribution in [1.82, 2.24) is 4.98 Å². The van der Waals surface area contributed by atoms with Gasteiger partial charge < -0.3 is 10.2 Å². The number of benzene rings is 1. The molecule has 1 aromatic heterocycles. The lowest BCUT2D eigenvalue weighted by atomic mass is 10.2. The Morgan fingerprint density at radius 1 is 1.35 bits per heavy atom. The Balaban J connectivity index is 1.70. The third-order valence-corrected chi connectivity index (χ3v) is 3.85. The van der Waals surface area contributed by atoms with Gasteiger partial charge in [0.25, 0.3) is 5.69 Å². The summed E-state index contributed by atoms with van der Waals surface area (Å²) < 4.78 is 0. The summed E-state index contributed by atoms with van der Waals surface area (Å²) in [6.45, 7) is 2.42. The molecule has 1 unspecified atom stereocenters. The minimum absolute atomic E-state index is 0.0462. The summed E-state index contributed by atoms with van der Waals surface area (Å²) in [5, 5.41) is 13.6. The van der Waals surface area contributed by atoms with Crippen LogP contribution in [0.1, 0.15) is 12.5 Å². The third kappa shape index (κ3) is 2.98. The van der Waals surface area contributed by atoms with Crippen LogP contribution in [-0.4, -0.2) is 28.4 Å². The second kappa shape index (κ2) is 6.04. The first-order valence-electron chi connectivity index (χ1n) is 7.32. The van der Waals surface area contributed by atoms with E-state index in [0.717, 1.165) is 12.1 Å². The highest BCUT2D eigenvalue weighted by Crippen LogP contribution is 2.28. The van der Waals surface area contributed by atoms with Crippen molar-refractivity contribution in [2.75, 3.05) is 16.8 Å². The number of rotatable bonds is 4. The van der Waals surface area contributed by atoms with Crippen molar-refractivity contribution in [3.8, 4) is 0 Å². The van der Waals surface area contributed by atoms with Gasteiger partial charge in [0.2, 0.25) is 5.91 Å². The van der Waals surface area contributed by atoms with Crippen LogP contribution in [0.25, 0.3) is 0 Å². The van der Waals surface area contributed by atoms with Crippen LogP contribution < -0.4 is 10.2 Å². The van der Waals surface area contributed by atoms with E-state index in [-0.39, 0.29) is 11.6 Å². The zero-order valence-corrected chi connectivity index (χ0v) is 12.6. The Kier molecular flexibility index (Phi) is 3.92. The van der Waals surface area contributed by atoms with E-state index < -0.39 is 11.0 Å². The van der Waals surface area contributed by atoms with Crippen LogP contribution in [0, 0.1) is 10.1 Å². The van der Waals surface area contributed by atoms with Gasteiger partial charge in [0, 0.05) is 18.3 Å². The van der Waals surface area contributed by atoms with E-state index in [9.17, 15) is 14.9 Å². The lowest BCUT2D eigenvalue weighted by Crippen LogP contribution is -2.40. The van der Waals surface area contributed by atoms with E-state index in [1.165, 1.54) is 23.9 Å². The van der Waals surface area contributed by atoms with Crippen molar-refractivity contribution in [2.45, 2.75) is 19.4 Å². The number of carbonyl (C=O) groups is 1. The topological polar surface area (TPSA) is 88.4 Å². The largest absolute Gasteiger partial charge is 0.359 e. The molecule has 7 heteroatoms. The normalized spacial score (nSPS) is 14.2. The fraction of sp³-hybridized carbons (Fsp3) is 0.250. The van der Waals surface area contributed by atoms with Gasteiger partial charge in [0.05, 0.1) is 4.92 Å². The Hall–Kier alpha value is -2.96. The number of para-hydroxylation sites is 1. The molecule has 1 N–H and O–H groups in total. The molecule has 1 amide bonds. The van der Waals surface area contributed by atoms with Gasteiger partial charge in [0.15, 0.2) is 0 Å². The number of nitrogens with zero attached hydrogens (tertiary/aromatic N) is 3. The average Bonchev–Trinajstić information content (AvgIpc) is 2.98. The summed E-state index contributed by atoms with van der Waals surface area (Å²) in [6, 6.07) is 10.2. The van der Waals surface area contributed by atoms with Gasteiger partial charge in [0.1, 0.15) is 18.1 Å². The second-order valence-corrected chi connectivity index (χ2v) is 5.39. The summed E-state index contributed by atoms with van der Waals surface area (Å²) >= 11 is 0. The third-order valence-electron chi connectivity index (χ3n) is 3.85. The van der Waals surface area contributed by atoms with Crippen LogP contribution in [0.5, 0.6) is 0 Å². The molecule has 118 valence electrons. The molecule has 7 nitrogen and oxygen atoms in total. The van der Waals surface area contributed by atoms with Crippen LogP contribution in [0.4, 0.5) is 17.2 Å². The van der Waals surface area contributed by atoms with Gasteiger partial charge in [-0.15, -0.1) is 0 Å². The zero-order chi connectivity index (χ0) is 16.4. The molecule has 2 heterocycles. The van der Waals surface area contributed by atoms with E-state index in [4.69, 9.17) is 0 Å². The quantitative estimate of drug-likeness (QED) is 0.691. The van der Waals surface area contributed by atoms with Crippen molar-refractivity contribution < 1.29 is 9.72 Å². The number of aromatic nitrogens is 1. The number of pyridine rings is 1. The zero-order valence-electron chi connectivity index (χ0n) is 12.6. The van der Waals surface area contributed by atoms with Gasteiger partial charge in [-0.25, -0.2) is 4.98 Å². The molecule has 1 aliphatic rings. The van der Waals surface area contributed by atoms with Crippen molar-refractivity contribution in [3.05, 3.63) is 58.3 Å². The minimum Gasteiger partial charge on any atom is -0.359 e. The predicted molar refractivity (Wildman–Crippen MR) is 86.5 cm³/mol. The lowest BCUT2D eigenvalue weighted by molar-refractivity contribution is -0.385. The molecule has 0 saturated heterocycles. The SMILES string of the molecule is CC(Nc1ccc([N+](=O)[O-])cn1)C(=O)N1CCc2ccccc21. The molecule has 23 heavy (non-hydrogen) atoms. The maximum atomic E-state index is 12.6. The van der Waals surface area contributed by atoms with E-state index in [2.05, 4.69) is 10.3 Å². The van der Waals surface area contributed by atoms with Gasteiger partial charge in [-0.2, -0.15) is 0 Å². The second-order valence-electron chi connectivity index (χ2n) is 5.39. The molecule has 0 saturated carbocycles. The first-order valence-corrected chi connectivity index (χ1v) is 7.32. The van der Waals surface area contributed by atoms with Crippen LogP contribution in [0.15, 0.2) is 42.6 Å². The highest BCUT2D eigenvalue weighted by atomic mass is 16.6. The van der Waals surface area contributed by atoms with E-state index >= 15 is 0 Å². The predicted octanol–water partition coefficient (Wildman–Crippen LogP) is 2.38. The van der Waals surface area contributed by atoms with Crippen LogP contribution in [0.3, 0.4) is 0 Å². The summed E-state index contributed by atoms with van der Waals surface area (Å²) in [7, 11) is 0. The minimum atomic E-state index is -0.507. The molecule has 3 rings (SSSR count). The van der Waals surface area contributed by atoms with Crippen molar-refractivity contribution >= 4 is 23.1 Å². The summed E-state index contributed by atoms with van der Waals surface area (Å²) in [6.07, 6.45) is 2.02. The number of hydrogen-bond donors (Lipinski definition) is 1. The van der Waals surface area contributed by atoms with Crippen molar-refractivity contribution in [3.63, 3.8) is 0 Å². The van der Waals surface area contributed by atoms with Gasteiger partial charge in [-0.05, 0) is 31.0 Å². The Morgan fingerprint density at radius 2 is 2.13 bits per heavy atom. The monoisotopic (exact) mass is 312 g/mol. The molecular weight excluding hydrogens is 296 g/mol. The lowest BCUT2D eigenvalue weighted by Gasteiger charge is -2.22. The smallest absolute Gasteiger partial charge is 0.287 e.